The Morgan fingerprint density at radius 2 is 1.91 bits per heavy atom. The molecule has 0 aliphatic rings. The number of benzene rings is 1. The summed E-state index contributed by atoms with van der Waals surface area (Å²) >= 11 is 0. The SMILES string of the molecule is CC(C)c1nn(C)cc1C(=O)NCCc1ccc(C(=O)O)cc1. The van der Waals surface area contributed by atoms with Gasteiger partial charge in [-0.25, -0.2) is 4.79 Å². The first-order valence-corrected chi connectivity index (χ1v) is 7.52. The van der Waals surface area contributed by atoms with Crippen LogP contribution in [0.1, 0.15) is 51.7 Å². The van der Waals surface area contributed by atoms with Crippen molar-refractivity contribution in [2.75, 3.05) is 6.54 Å². The number of nitrogens with one attached hydrogen (secondary N) is 1. The van der Waals surface area contributed by atoms with Crippen LogP contribution in [0.4, 0.5) is 0 Å². The lowest BCUT2D eigenvalue weighted by Gasteiger charge is -2.07. The number of nitrogens with zero attached hydrogens (tertiary/aromatic N) is 2. The van der Waals surface area contributed by atoms with Crippen molar-refractivity contribution < 1.29 is 14.7 Å². The molecule has 0 fully saturated rings. The lowest BCUT2D eigenvalue weighted by Crippen LogP contribution is -2.26. The molecule has 0 bridgehead atoms. The summed E-state index contributed by atoms with van der Waals surface area (Å²) in [7, 11) is 1.80. The van der Waals surface area contributed by atoms with Crippen LogP contribution in [0.2, 0.25) is 0 Å². The Labute approximate surface area is 135 Å². The van der Waals surface area contributed by atoms with Gasteiger partial charge in [-0.2, -0.15) is 5.10 Å². The van der Waals surface area contributed by atoms with Gasteiger partial charge in [-0.1, -0.05) is 26.0 Å². The van der Waals surface area contributed by atoms with Crippen LogP contribution >= 0.6 is 0 Å². The zero-order valence-electron chi connectivity index (χ0n) is 13.5. The molecule has 2 aromatic rings. The molecular formula is C17H21N3O3. The molecule has 1 aromatic carbocycles. The smallest absolute Gasteiger partial charge is 0.335 e. The predicted octanol–water partition coefficient (Wildman–Crippen LogP) is 2.21. The highest BCUT2D eigenvalue weighted by molar-refractivity contribution is 5.95. The van der Waals surface area contributed by atoms with Crippen molar-refractivity contribution in [1.29, 1.82) is 0 Å². The van der Waals surface area contributed by atoms with Crippen LogP contribution in [-0.2, 0) is 13.5 Å². The third kappa shape index (κ3) is 4.18. The van der Waals surface area contributed by atoms with Crippen molar-refractivity contribution in [3.05, 3.63) is 52.8 Å². The quantitative estimate of drug-likeness (QED) is 0.856. The number of hydrogen-bond donors (Lipinski definition) is 2. The first kappa shape index (κ1) is 16.7. The van der Waals surface area contributed by atoms with Crippen molar-refractivity contribution in [2.45, 2.75) is 26.2 Å². The molecule has 0 aliphatic heterocycles. The molecule has 0 radical (unpaired) electrons. The Bertz CT molecular complexity index is 702. The Morgan fingerprint density at radius 1 is 1.26 bits per heavy atom. The Morgan fingerprint density at radius 3 is 2.48 bits per heavy atom. The van der Waals surface area contributed by atoms with Gasteiger partial charge in [0.2, 0.25) is 0 Å². The van der Waals surface area contributed by atoms with Crippen molar-refractivity contribution >= 4 is 11.9 Å². The molecule has 0 atom stereocenters. The average molecular weight is 315 g/mol. The van der Waals surface area contributed by atoms with Crippen molar-refractivity contribution in [2.24, 2.45) is 7.05 Å². The molecule has 6 heteroatoms. The number of carbonyl (C=O) groups is 2. The molecule has 0 saturated heterocycles. The molecule has 23 heavy (non-hydrogen) atoms. The number of hydrogen-bond acceptors (Lipinski definition) is 3. The maximum Gasteiger partial charge on any atom is 0.335 e. The van der Waals surface area contributed by atoms with Crippen LogP contribution in [0.25, 0.3) is 0 Å². The minimum atomic E-state index is -0.942. The highest BCUT2D eigenvalue weighted by atomic mass is 16.4. The Hall–Kier alpha value is -2.63. The first-order valence-electron chi connectivity index (χ1n) is 7.52. The topological polar surface area (TPSA) is 84.2 Å². The van der Waals surface area contributed by atoms with E-state index in [2.05, 4.69) is 10.4 Å². The molecule has 0 unspecified atom stereocenters. The summed E-state index contributed by atoms with van der Waals surface area (Å²) in [6, 6.07) is 6.66. The molecule has 1 aromatic heterocycles. The third-order valence-corrected chi connectivity index (χ3v) is 3.55. The van der Waals surface area contributed by atoms with E-state index in [1.54, 1.807) is 42.2 Å². The van der Waals surface area contributed by atoms with E-state index in [1.807, 2.05) is 13.8 Å². The lowest BCUT2D eigenvalue weighted by atomic mass is 10.1. The van der Waals surface area contributed by atoms with Crippen LogP contribution < -0.4 is 5.32 Å². The summed E-state index contributed by atoms with van der Waals surface area (Å²) in [6.45, 7) is 4.49. The van der Waals surface area contributed by atoms with E-state index in [0.29, 0.717) is 18.5 Å². The Kier molecular flexibility index (Phi) is 5.16. The highest BCUT2D eigenvalue weighted by Crippen LogP contribution is 2.17. The molecule has 122 valence electrons. The number of aromatic nitrogens is 2. The van der Waals surface area contributed by atoms with E-state index in [1.165, 1.54) is 0 Å². The average Bonchev–Trinajstić information content (AvgIpc) is 2.90. The molecule has 1 heterocycles. The molecule has 2 rings (SSSR count). The molecule has 0 spiro atoms. The van der Waals surface area contributed by atoms with Gasteiger partial charge in [0.15, 0.2) is 0 Å². The van der Waals surface area contributed by atoms with Crippen molar-refractivity contribution in [3.63, 3.8) is 0 Å². The van der Waals surface area contributed by atoms with E-state index in [-0.39, 0.29) is 17.4 Å². The van der Waals surface area contributed by atoms with Gasteiger partial charge in [-0.3, -0.25) is 9.48 Å². The number of amides is 1. The fourth-order valence-electron chi connectivity index (χ4n) is 2.34. The van der Waals surface area contributed by atoms with Crippen LogP contribution in [0.5, 0.6) is 0 Å². The minimum Gasteiger partial charge on any atom is -0.478 e. The largest absolute Gasteiger partial charge is 0.478 e. The molecule has 0 aliphatic carbocycles. The Balaban J connectivity index is 1.93. The molecule has 6 nitrogen and oxygen atoms in total. The second-order valence-electron chi connectivity index (χ2n) is 5.76. The molecule has 2 N–H and O–H groups in total. The summed E-state index contributed by atoms with van der Waals surface area (Å²) in [5.41, 5.74) is 2.62. The maximum absolute atomic E-state index is 12.3. The van der Waals surface area contributed by atoms with E-state index in [9.17, 15) is 9.59 Å². The van der Waals surface area contributed by atoms with Crippen molar-refractivity contribution in [1.82, 2.24) is 15.1 Å². The number of aryl methyl sites for hydroxylation is 1. The monoisotopic (exact) mass is 315 g/mol. The first-order chi connectivity index (χ1) is 10.9. The highest BCUT2D eigenvalue weighted by Gasteiger charge is 2.17. The van der Waals surface area contributed by atoms with Gasteiger partial charge < -0.3 is 10.4 Å². The zero-order chi connectivity index (χ0) is 17.0. The summed E-state index contributed by atoms with van der Waals surface area (Å²) < 4.78 is 1.65. The number of carboxylic acid groups (broad SMARTS) is 1. The number of carbonyl (C=O) groups excluding carboxylic acids is 1. The predicted molar refractivity (Wildman–Crippen MR) is 86.7 cm³/mol. The van der Waals surface area contributed by atoms with Gasteiger partial charge in [0.1, 0.15) is 0 Å². The summed E-state index contributed by atoms with van der Waals surface area (Å²) in [6.07, 6.45) is 2.37. The fourth-order valence-corrected chi connectivity index (χ4v) is 2.34. The standard InChI is InChI=1S/C17H21N3O3/c1-11(2)15-14(10-20(3)19-15)16(21)18-9-8-12-4-6-13(7-5-12)17(22)23/h4-7,10-11H,8-9H2,1-3H3,(H,18,21)(H,22,23). The van der Waals surface area contributed by atoms with Crippen molar-refractivity contribution in [3.8, 4) is 0 Å². The maximum atomic E-state index is 12.3. The molecule has 1 amide bonds. The summed E-state index contributed by atoms with van der Waals surface area (Å²) in [5, 5.41) is 16.1. The number of rotatable bonds is 6. The second-order valence-corrected chi connectivity index (χ2v) is 5.76. The van der Waals surface area contributed by atoms with Crippen LogP contribution in [0.15, 0.2) is 30.5 Å². The van der Waals surface area contributed by atoms with Gasteiger partial charge in [0.25, 0.3) is 5.91 Å². The van der Waals surface area contributed by atoms with Crippen LogP contribution in [-0.4, -0.2) is 33.3 Å². The lowest BCUT2D eigenvalue weighted by molar-refractivity contribution is 0.0696. The van der Waals surface area contributed by atoms with E-state index in [4.69, 9.17) is 5.11 Å². The van der Waals surface area contributed by atoms with Gasteiger partial charge >= 0.3 is 5.97 Å². The van der Waals surface area contributed by atoms with E-state index < -0.39 is 5.97 Å². The van der Waals surface area contributed by atoms with Gasteiger partial charge in [-0.05, 0) is 30.0 Å². The van der Waals surface area contributed by atoms with Gasteiger partial charge in [-0.15, -0.1) is 0 Å². The van der Waals surface area contributed by atoms with Crippen LogP contribution in [0.3, 0.4) is 0 Å². The molecular weight excluding hydrogens is 294 g/mol. The number of aromatic carboxylic acids is 1. The minimum absolute atomic E-state index is 0.135. The van der Waals surface area contributed by atoms with Gasteiger partial charge in [0.05, 0.1) is 16.8 Å². The van der Waals surface area contributed by atoms with E-state index in [0.717, 1.165) is 11.3 Å². The summed E-state index contributed by atoms with van der Waals surface area (Å²) in [4.78, 5) is 23.1. The summed E-state index contributed by atoms with van der Waals surface area (Å²) in [5.74, 6) is -0.896. The van der Waals surface area contributed by atoms with Gasteiger partial charge in [0, 0.05) is 19.8 Å². The number of carboxylic acids is 1. The third-order valence-electron chi connectivity index (χ3n) is 3.55. The second kappa shape index (κ2) is 7.09. The zero-order valence-corrected chi connectivity index (χ0v) is 13.5. The fraction of sp³-hybridized carbons (Fsp3) is 0.353. The van der Waals surface area contributed by atoms with Crippen LogP contribution in [0, 0.1) is 0 Å². The molecule has 0 saturated carbocycles. The van der Waals surface area contributed by atoms with E-state index >= 15 is 0 Å². The normalized spacial score (nSPS) is 10.8.